The maximum atomic E-state index is 11.9. The Kier molecular flexibility index (Phi) is 5.50. The molecule has 1 aliphatic carbocycles. The average molecular weight is 312 g/mol. The summed E-state index contributed by atoms with van der Waals surface area (Å²) in [4.78, 5) is 14.4. The summed E-state index contributed by atoms with van der Waals surface area (Å²) in [6, 6.07) is 8.72. The van der Waals surface area contributed by atoms with Gasteiger partial charge in [0, 0.05) is 26.1 Å². The minimum absolute atomic E-state index is 0.188. The smallest absolute Gasteiger partial charge is 0.224 e. The van der Waals surface area contributed by atoms with E-state index in [4.69, 9.17) is 0 Å². The number of benzene rings is 1. The Labute approximate surface area is 139 Å². The molecule has 0 spiro atoms. The van der Waals surface area contributed by atoms with Gasteiger partial charge in [0.05, 0.1) is 0 Å². The number of nitrogens with zero attached hydrogens (tertiary/aromatic N) is 1. The molecule has 3 rings (SSSR count). The minimum Gasteiger partial charge on any atom is -0.355 e. The molecule has 1 amide bonds. The second-order valence-corrected chi connectivity index (χ2v) is 6.92. The number of hydrogen-bond acceptors (Lipinski definition) is 2. The number of likely N-dealkylation sites (tertiary alicyclic amines) is 1. The number of rotatable bonds is 6. The Morgan fingerprint density at radius 3 is 3.00 bits per heavy atom. The Morgan fingerprint density at radius 1 is 1.35 bits per heavy atom. The van der Waals surface area contributed by atoms with Crippen molar-refractivity contribution in [2.24, 2.45) is 0 Å². The molecule has 2 aliphatic rings. The van der Waals surface area contributed by atoms with Gasteiger partial charge in [-0.05, 0) is 56.2 Å². The molecule has 1 atom stereocenters. The Balaban J connectivity index is 1.39. The summed E-state index contributed by atoms with van der Waals surface area (Å²) >= 11 is 0. The van der Waals surface area contributed by atoms with Crippen molar-refractivity contribution in [3.63, 3.8) is 0 Å². The summed E-state index contributed by atoms with van der Waals surface area (Å²) in [5, 5.41) is 3.08. The van der Waals surface area contributed by atoms with Crippen LogP contribution in [0.25, 0.3) is 0 Å². The third kappa shape index (κ3) is 4.44. The van der Waals surface area contributed by atoms with Crippen LogP contribution >= 0.6 is 0 Å². The normalized spacial score (nSPS) is 21.4. The van der Waals surface area contributed by atoms with Gasteiger partial charge >= 0.3 is 0 Å². The molecule has 124 valence electrons. The first kappa shape index (κ1) is 16.3. The van der Waals surface area contributed by atoms with Crippen molar-refractivity contribution in [3.8, 4) is 0 Å². The van der Waals surface area contributed by atoms with E-state index in [2.05, 4.69) is 47.5 Å². The number of carbonyl (C=O) groups excluding carboxylic acids is 1. The van der Waals surface area contributed by atoms with E-state index in [0.29, 0.717) is 12.3 Å². The quantitative estimate of drug-likeness (QED) is 0.817. The molecule has 0 bridgehead atoms. The van der Waals surface area contributed by atoms with Gasteiger partial charge in [-0.3, -0.25) is 4.79 Å². The van der Waals surface area contributed by atoms with Crippen LogP contribution in [-0.4, -0.2) is 37.0 Å². The van der Waals surface area contributed by atoms with E-state index >= 15 is 0 Å². The predicted octanol–water partition coefficient (Wildman–Crippen LogP) is 3.40. The first-order chi connectivity index (χ1) is 11.2. The van der Waals surface area contributed by atoms with E-state index < -0.39 is 0 Å². The van der Waals surface area contributed by atoms with E-state index in [1.807, 2.05) is 0 Å². The van der Waals surface area contributed by atoms with Crippen LogP contribution in [0.1, 0.15) is 49.1 Å². The van der Waals surface area contributed by atoms with Crippen LogP contribution < -0.4 is 5.32 Å². The zero-order chi connectivity index (χ0) is 16.1. The van der Waals surface area contributed by atoms with Crippen LogP contribution in [0.5, 0.6) is 0 Å². The molecule has 3 heteroatoms. The van der Waals surface area contributed by atoms with Gasteiger partial charge in [0.2, 0.25) is 5.91 Å². The van der Waals surface area contributed by atoms with Crippen LogP contribution in [-0.2, 0) is 4.79 Å². The Bertz CT molecular complexity index is 579. The van der Waals surface area contributed by atoms with Gasteiger partial charge in [-0.2, -0.15) is 0 Å². The second kappa shape index (κ2) is 7.78. The lowest BCUT2D eigenvalue weighted by molar-refractivity contribution is -0.120. The largest absolute Gasteiger partial charge is 0.355 e. The number of aryl methyl sites for hydroxylation is 1. The molecule has 0 radical (unpaired) electrons. The van der Waals surface area contributed by atoms with E-state index in [9.17, 15) is 4.79 Å². The van der Waals surface area contributed by atoms with Gasteiger partial charge < -0.3 is 10.2 Å². The molecule has 1 aliphatic heterocycles. The van der Waals surface area contributed by atoms with Crippen LogP contribution in [0, 0.1) is 6.92 Å². The molecule has 0 saturated carbocycles. The maximum Gasteiger partial charge on any atom is 0.224 e. The van der Waals surface area contributed by atoms with Crippen LogP contribution in [0.3, 0.4) is 0 Å². The average Bonchev–Trinajstić information content (AvgIpc) is 3.20. The number of allylic oxidation sites excluding steroid dienone is 1. The van der Waals surface area contributed by atoms with Gasteiger partial charge in [-0.25, -0.2) is 0 Å². The molecule has 1 aromatic carbocycles. The highest BCUT2D eigenvalue weighted by Gasteiger charge is 2.24. The zero-order valence-electron chi connectivity index (χ0n) is 14.2. The molecule has 1 aromatic rings. The number of nitrogens with one attached hydrogen (secondary N) is 1. The first-order valence-electron chi connectivity index (χ1n) is 8.95. The highest BCUT2D eigenvalue weighted by molar-refractivity contribution is 5.78. The van der Waals surface area contributed by atoms with E-state index in [1.165, 1.54) is 29.5 Å². The van der Waals surface area contributed by atoms with Gasteiger partial charge in [0.25, 0.3) is 0 Å². The summed E-state index contributed by atoms with van der Waals surface area (Å²) in [7, 11) is 0. The third-order valence-electron chi connectivity index (χ3n) is 5.17. The molecule has 1 fully saturated rings. The van der Waals surface area contributed by atoms with Crippen molar-refractivity contribution >= 4 is 5.91 Å². The van der Waals surface area contributed by atoms with Crippen LogP contribution in [0.4, 0.5) is 0 Å². The summed E-state index contributed by atoms with van der Waals surface area (Å²) in [6.45, 7) is 6.20. The summed E-state index contributed by atoms with van der Waals surface area (Å²) in [6.07, 6.45) is 7.54. The topological polar surface area (TPSA) is 32.3 Å². The van der Waals surface area contributed by atoms with E-state index in [-0.39, 0.29) is 5.91 Å². The van der Waals surface area contributed by atoms with E-state index in [1.54, 1.807) is 0 Å². The molecule has 1 saturated heterocycles. The van der Waals surface area contributed by atoms with Crippen LogP contribution in [0.2, 0.25) is 0 Å². The van der Waals surface area contributed by atoms with Crippen molar-refractivity contribution in [3.05, 3.63) is 47.0 Å². The van der Waals surface area contributed by atoms with Crippen molar-refractivity contribution < 1.29 is 4.79 Å². The second-order valence-electron chi connectivity index (χ2n) is 6.92. The Morgan fingerprint density at radius 2 is 2.22 bits per heavy atom. The van der Waals surface area contributed by atoms with Crippen molar-refractivity contribution in [2.75, 3.05) is 26.2 Å². The van der Waals surface area contributed by atoms with E-state index in [0.717, 1.165) is 39.0 Å². The van der Waals surface area contributed by atoms with Gasteiger partial charge in [-0.15, -0.1) is 0 Å². The summed E-state index contributed by atoms with van der Waals surface area (Å²) < 4.78 is 0. The highest BCUT2D eigenvalue weighted by atomic mass is 16.1. The lowest BCUT2D eigenvalue weighted by atomic mass is 9.94. The van der Waals surface area contributed by atoms with Crippen molar-refractivity contribution in [1.82, 2.24) is 10.2 Å². The molecule has 23 heavy (non-hydrogen) atoms. The molecular weight excluding hydrogens is 284 g/mol. The predicted molar refractivity (Wildman–Crippen MR) is 94.5 cm³/mol. The van der Waals surface area contributed by atoms with Gasteiger partial charge in [0.15, 0.2) is 0 Å². The molecule has 1 N–H and O–H groups in total. The molecular formula is C20H28N2O. The maximum absolute atomic E-state index is 11.9. The summed E-state index contributed by atoms with van der Waals surface area (Å²) in [5.74, 6) is 0.836. The fraction of sp³-hybridized carbons (Fsp3) is 0.550. The fourth-order valence-electron chi connectivity index (χ4n) is 3.85. The van der Waals surface area contributed by atoms with Gasteiger partial charge in [0.1, 0.15) is 0 Å². The van der Waals surface area contributed by atoms with Crippen LogP contribution in [0.15, 0.2) is 35.9 Å². The number of hydrogen-bond donors (Lipinski definition) is 1. The third-order valence-corrected chi connectivity index (χ3v) is 5.17. The fourth-order valence-corrected chi connectivity index (χ4v) is 3.85. The lowest BCUT2D eigenvalue weighted by Gasteiger charge is -2.17. The summed E-state index contributed by atoms with van der Waals surface area (Å²) in [5.41, 5.74) is 4.22. The highest BCUT2D eigenvalue weighted by Crippen LogP contribution is 2.28. The lowest BCUT2D eigenvalue weighted by Crippen LogP contribution is -2.33. The SMILES string of the molecule is Cc1ccccc1C1CCN(CCNC(=O)CC2=CCCC2)C1. The Hall–Kier alpha value is -1.61. The first-order valence-corrected chi connectivity index (χ1v) is 8.95. The zero-order valence-corrected chi connectivity index (χ0v) is 14.2. The van der Waals surface area contributed by atoms with Gasteiger partial charge in [-0.1, -0.05) is 35.9 Å². The van der Waals surface area contributed by atoms with Crippen molar-refractivity contribution in [2.45, 2.75) is 44.9 Å². The molecule has 3 nitrogen and oxygen atoms in total. The standard InChI is InChI=1S/C20H28N2O/c1-16-6-2-5-9-19(16)18-10-12-22(15-18)13-11-21-20(23)14-17-7-3-4-8-17/h2,5-7,9,18H,3-4,8,10-15H2,1H3,(H,21,23). The molecule has 1 unspecified atom stereocenters. The number of amides is 1. The van der Waals surface area contributed by atoms with Crippen molar-refractivity contribution in [1.29, 1.82) is 0 Å². The molecule has 0 aromatic heterocycles. The molecule has 1 heterocycles. The minimum atomic E-state index is 0.188. The monoisotopic (exact) mass is 312 g/mol. The number of carbonyl (C=O) groups is 1.